The second-order valence-corrected chi connectivity index (χ2v) is 4.31. The molecule has 0 aromatic heterocycles. The summed E-state index contributed by atoms with van der Waals surface area (Å²) < 4.78 is 27.3. The molecule has 0 saturated heterocycles. The summed E-state index contributed by atoms with van der Waals surface area (Å²) in [7, 11) is 0. The Morgan fingerprint density at radius 3 is 2.11 bits per heavy atom. The molecule has 4 heteroatoms. The van der Waals surface area contributed by atoms with Gasteiger partial charge in [0, 0.05) is 30.0 Å². The minimum atomic E-state index is -0.520. The molecule has 0 fully saturated rings. The lowest BCUT2D eigenvalue weighted by Gasteiger charge is -2.23. The van der Waals surface area contributed by atoms with Gasteiger partial charge in [-0.25, -0.2) is 8.78 Å². The Kier molecular flexibility index (Phi) is 4.00. The number of benzene rings is 2. The Labute approximate surface area is 111 Å². The van der Waals surface area contributed by atoms with Crippen molar-refractivity contribution in [2.24, 2.45) is 0 Å². The number of nitrogens with two attached hydrogens (primary N) is 1. The Morgan fingerprint density at radius 1 is 1.00 bits per heavy atom. The first-order valence-corrected chi connectivity index (χ1v) is 6.15. The maximum Gasteiger partial charge on any atom is 0.131 e. The summed E-state index contributed by atoms with van der Waals surface area (Å²) in [5.41, 5.74) is 7.27. The Balaban J connectivity index is 2.26. The number of anilines is 2. The van der Waals surface area contributed by atoms with E-state index in [9.17, 15) is 8.78 Å². The lowest BCUT2D eigenvalue weighted by molar-refractivity contribution is 0.551. The molecule has 0 aliphatic carbocycles. The van der Waals surface area contributed by atoms with Crippen molar-refractivity contribution in [3.63, 3.8) is 0 Å². The summed E-state index contributed by atoms with van der Waals surface area (Å²) in [5.74, 6) is -1.04. The van der Waals surface area contributed by atoms with E-state index in [2.05, 4.69) is 0 Å². The number of rotatable bonds is 4. The van der Waals surface area contributed by atoms with Crippen LogP contribution in [0.15, 0.2) is 42.5 Å². The van der Waals surface area contributed by atoms with Crippen molar-refractivity contribution in [1.82, 2.24) is 0 Å². The van der Waals surface area contributed by atoms with E-state index < -0.39 is 11.6 Å². The van der Waals surface area contributed by atoms with Gasteiger partial charge in [-0.2, -0.15) is 0 Å². The maximum atomic E-state index is 13.6. The smallest absolute Gasteiger partial charge is 0.131 e. The third-order valence-electron chi connectivity index (χ3n) is 3.05. The summed E-state index contributed by atoms with van der Waals surface area (Å²) in [6.07, 6.45) is 0. The van der Waals surface area contributed by atoms with Gasteiger partial charge >= 0.3 is 0 Å². The molecule has 2 N–H and O–H groups in total. The Bertz CT molecular complexity index is 532. The maximum absolute atomic E-state index is 13.6. The molecule has 2 aromatic carbocycles. The monoisotopic (exact) mass is 262 g/mol. The fraction of sp³-hybridized carbons (Fsp3) is 0.200. The van der Waals surface area contributed by atoms with E-state index in [1.54, 1.807) is 12.1 Å². The molecule has 0 unspecified atom stereocenters. The number of hydrogen-bond acceptors (Lipinski definition) is 2. The van der Waals surface area contributed by atoms with Gasteiger partial charge in [0.25, 0.3) is 0 Å². The average Bonchev–Trinajstić information content (AvgIpc) is 2.40. The summed E-state index contributed by atoms with van der Waals surface area (Å²) in [4.78, 5) is 1.89. The van der Waals surface area contributed by atoms with Crippen molar-refractivity contribution in [2.45, 2.75) is 13.5 Å². The molecule has 0 spiro atoms. The van der Waals surface area contributed by atoms with Crippen LogP contribution in [0.2, 0.25) is 0 Å². The SMILES string of the molecule is CCN(Cc1c(F)cccc1F)c1ccc(N)cc1. The molecule has 2 aromatic rings. The van der Waals surface area contributed by atoms with Crippen LogP contribution in [0, 0.1) is 11.6 Å². The van der Waals surface area contributed by atoms with Crippen molar-refractivity contribution in [1.29, 1.82) is 0 Å². The second-order valence-electron chi connectivity index (χ2n) is 4.31. The lowest BCUT2D eigenvalue weighted by Crippen LogP contribution is -2.23. The first-order valence-electron chi connectivity index (χ1n) is 6.15. The first-order chi connectivity index (χ1) is 9.11. The van der Waals surface area contributed by atoms with Gasteiger partial charge in [-0.3, -0.25) is 0 Å². The largest absolute Gasteiger partial charge is 0.399 e. The zero-order valence-electron chi connectivity index (χ0n) is 10.7. The zero-order chi connectivity index (χ0) is 13.8. The highest BCUT2D eigenvalue weighted by atomic mass is 19.1. The van der Waals surface area contributed by atoms with Gasteiger partial charge in [0.05, 0.1) is 0 Å². The third-order valence-corrected chi connectivity index (χ3v) is 3.05. The van der Waals surface area contributed by atoms with Crippen molar-refractivity contribution in [3.8, 4) is 0 Å². The van der Waals surface area contributed by atoms with Crippen LogP contribution in [0.1, 0.15) is 12.5 Å². The lowest BCUT2D eigenvalue weighted by atomic mass is 10.1. The van der Waals surface area contributed by atoms with Crippen molar-refractivity contribution >= 4 is 11.4 Å². The molecule has 19 heavy (non-hydrogen) atoms. The average molecular weight is 262 g/mol. The molecule has 100 valence electrons. The van der Waals surface area contributed by atoms with Crippen LogP contribution in [0.5, 0.6) is 0 Å². The summed E-state index contributed by atoms with van der Waals surface area (Å²) in [6, 6.07) is 11.2. The molecule has 2 rings (SSSR count). The van der Waals surface area contributed by atoms with E-state index in [1.807, 2.05) is 24.0 Å². The molecule has 0 radical (unpaired) electrons. The number of nitrogens with zero attached hydrogens (tertiary/aromatic N) is 1. The van der Waals surface area contributed by atoms with E-state index in [4.69, 9.17) is 5.73 Å². The van der Waals surface area contributed by atoms with E-state index in [0.29, 0.717) is 12.2 Å². The third kappa shape index (κ3) is 3.02. The molecule has 0 heterocycles. The Morgan fingerprint density at radius 2 is 1.58 bits per heavy atom. The normalized spacial score (nSPS) is 10.5. The van der Waals surface area contributed by atoms with Crippen LogP contribution in [0.25, 0.3) is 0 Å². The molecule has 0 amide bonds. The van der Waals surface area contributed by atoms with Gasteiger partial charge in [0.1, 0.15) is 11.6 Å². The molecular weight excluding hydrogens is 246 g/mol. The number of hydrogen-bond donors (Lipinski definition) is 1. The highest BCUT2D eigenvalue weighted by Crippen LogP contribution is 2.21. The van der Waals surface area contributed by atoms with Crippen LogP contribution >= 0.6 is 0 Å². The van der Waals surface area contributed by atoms with Crippen LogP contribution in [-0.4, -0.2) is 6.54 Å². The molecular formula is C15H16F2N2. The van der Waals surface area contributed by atoms with E-state index in [-0.39, 0.29) is 12.1 Å². The summed E-state index contributed by atoms with van der Waals surface area (Å²) >= 11 is 0. The molecule has 0 bridgehead atoms. The fourth-order valence-electron chi connectivity index (χ4n) is 1.95. The quantitative estimate of drug-likeness (QED) is 0.853. The molecule has 2 nitrogen and oxygen atoms in total. The van der Waals surface area contributed by atoms with Gasteiger partial charge in [-0.1, -0.05) is 6.07 Å². The molecule has 0 aliphatic rings. The van der Waals surface area contributed by atoms with E-state index >= 15 is 0 Å². The van der Waals surface area contributed by atoms with Crippen molar-refractivity contribution in [3.05, 3.63) is 59.7 Å². The predicted molar refractivity (Wildman–Crippen MR) is 73.9 cm³/mol. The van der Waals surface area contributed by atoms with Gasteiger partial charge in [-0.05, 0) is 43.3 Å². The number of nitrogen functional groups attached to an aromatic ring is 1. The first kappa shape index (κ1) is 13.3. The highest BCUT2D eigenvalue weighted by Gasteiger charge is 2.12. The van der Waals surface area contributed by atoms with Gasteiger partial charge < -0.3 is 10.6 Å². The zero-order valence-corrected chi connectivity index (χ0v) is 10.7. The standard InChI is InChI=1S/C15H16F2N2/c1-2-19(12-8-6-11(18)7-9-12)10-13-14(16)4-3-5-15(13)17/h3-9H,2,10,18H2,1H3. The van der Waals surface area contributed by atoms with Crippen LogP contribution in [-0.2, 0) is 6.54 Å². The predicted octanol–water partition coefficient (Wildman–Crippen LogP) is 3.57. The Hall–Kier alpha value is -2.10. The molecule has 0 saturated carbocycles. The second kappa shape index (κ2) is 5.69. The van der Waals surface area contributed by atoms with Crippen LogP contribution in [0.3, 0.4) is 0 Å². The topological polar surface area (TPSA) is 29.3 Å². The summed E-state index contributed by atoms with van der Waals surface area (Å²) in [6.45, 7) is 2.78. The minimum absolute atomic E-state index is 0.0844. The van der Waals surface area contributed by atoms with Crippen LogP contribution in [0.4, 0.5) is 20.2 Å². The number of halogens is 2. The van der Waals surface area contributed by atoms with E-state index in [1.165, 1.54) is 18.2 Å². The van der Waals surface area contributed by atoms with Crippen molar-refractivity contribution < 1.29 is 8.78 Å². The molecule has 0 atom stereocenters. The van der Waals surface area contributed by atoms with Gasteiger partial charge in [0.15, 0.2) is 0 Å². The van der Waals surface area contributed by atoms with E-state index in [0.717, 1.165) is 5.69 Å². The van der Waals surface area contributed by atoms with Gasteiger partial charge in [0.2, 0.25) is 0 Å². The van der Waals surface area contributed by atoms with Gasteiger partial charge in [-0.15, -0.1) is 0 Å². The van der Waals surface area contributed by atoms with Crippen LogP contribution < -0.4 is 10.6 Å². The summed E-state index contributed by atoms with van der Waals surface area (Å²) in [5, 5.41) is 0. The van der Waals surface area contributed by atoms with Crippen molar-refractivity contribution in [2.75, 3.05) is 17.2 Å². The molecule has 0 aliphatic heterocycles. The highest BCUT2D eigenvalue weighted by molar-refractivity contribution is 5.53. The minimum Gasteiger partial charge on any atom is -0.399 e. The fourth-order valence-corrected chi connectivity index (χ4v) is 1.95.